The molecular weight excluding hydrogens is 276 g/mol. The van der Waals surface area contributed by atoms with E-state index in [9.17, 15) is 14.7 Å². The first-order valence-electron chi connectivity index (χ1n) is 7.40. The molecule has 2 fully saturated rings. The smallest absolute Gasteiger partial charge is 0.327 e. The van der Waals surface area contributed by atoms with Crippen molar-refractivity contribution in [3.05, 3.63) is 0 Å². The largest absolute Gasteiger partial charge is 0.480 e. The third-order valence-electron chi connectivity index (χ3n) is 4.36. The topological polar surface area (TPSA) is 60.9 Å². The highest BCUT2D eigenvalue weighted by molar-refractivity contribution is 8.00. The summed E-state index contributed by atoms with van der Waals surface area (Å²) in [4.78, 5) is 27.5. The lowest BCUT2D eigenvalue weighted by Gasteiger charge is -2.35. The molecule has 5 nitrogen and oxygen atoms in total. The van der Waals surface area contributed by atoms with Crippen molar-refractivity contribution in [3.8, 4) is 0 Å². The number of hydrogen-bond donors (Lipinski definition) is 1. The van der Waals surface area contributed by atoms with Gasteiger partial charge >= 0.3 is 12.0 Å². The summed E-state index contributed by atoms with van der Waals surface area (Å²) in [5, 5.41) is 9.42. The molecule has 0 aromatic carbocycles. The molecule has 0 spiro atoms. The summed E-state index contributed by atoms with van der Waals surface area (Å²) in [6, 6.07) is -0.606. The second kappa shape index (κ2) is 6.24. The van der Waals surface area contributed by atoms with E-state index < -0.39 is 12.0 Å². The summed E-state index contributed by atoms with van der Waals surface area (Å²) in [5.41, 5.74) is 0. The average molecular weight is 300 g/mol. The van der Waals surface area contributed by atoms with Gasteiger partial charge in [0.1, 0.15) is 6.04 Å². The van der Waals surface area contributed by atoms with Crippen LogP contribution in [-0.2, 0) is 4.79 Å². The maximum absolute atomic E-state index is 12.7. The van der Waals surface area contributed by atoms with Crippen molar-refractivity contribution in [2.24, 2.45) is 5.92 Å². The van der Waals surface area contributed by atoms with Crippen LogP contribution in [0.25, 0.3) is 0 Å². The Morgan fingerprint density at radius 3 is 2.40 bits per heavy atom. The Hall–Kier alpha value is -0.910. The van der Waals surface area contributed by atoms with E-state index in [2.05, 4.69) is 13.8 Å². The SMILES string of the molecule is CCC(CC)N(C)C(=O)N1C(C(=O)O)CSC1C1CC1. The molecule has 1 saturated carbocycles. The fourth-order valence-corrected chi connectivity index (χ4v) is 4.50. The summed E-state index contributed by atoms with van der Waals surface area (Å²) in [6.45, 7) is 4.12. The Morgan fingerprint density at radius 1 is 1.35 bits per heavy atom. The molecule has 1 N–H and O–H groups in total. The Morgan fingerprint density at radius 2 is 1.95 bits per heavy atom. The van der Waals surface area contributed by atoms with E-state index in [1.54, 1.807) is 28.6 Å². The number of thioether (sulfide) groups is 1. The van der Waals surface area contributed by atoms with Crippen LogP contribution < -0.4 is 0 Å². The number of rotatable bonds is 5. The van der Waals surface area contributed by atoms with Crippen molar-refractivity contribution in [2.75, 3.05) is 12.8 Å². The van der Waals surface area contributed by atoms with Gasteiger partial charge in [0.2, 0.25) is 0 Å². The molecule has 1 aliphatic heterocycles. The van der Waals surface area contributed by atoms with E-state index in [0.717, 1.165) is 25.7 Å². The molecule has 2 atom stereocenters. The van der Waals surface area contributed by atoms with E-state index in [1.165, 1.54) is 0 Å². The Kier molecular flexibility index (Phi) is 4.83. The summed E-state index contributed by atoms with van der Waals surface area (Å²) in [5.74, 6) is 0.120. The highest BCUT2D eigenvalue weighted by atomic mass is 32.2. The lowest BCUT2D eigenvalue weighted by Crippen LogP contribution is -2.53. The summed E-state index contributed by atoms with van der Waals surface area (Å²) < 4.78 is 0. The van der Waals surface area contributed by atoms with Crippen molar-refractivity contribution < 1.29 is 14.7 Å². The van der Waals surface area contributed by atoms with Gasteiger partial charge in [-0.1, -0.05) is 13.8 Å². The molecule has 0 aromatic rings. The maximum atomic E-state index is 12.7. The number of carboxylic acid groups (broad SMARTS) is 1. The van der Waals surface area contributed by atoms with Crippen LogP contribution in [0.3, 0.4) is 0 Å². The summed E-state index contributed by atoms with van der Waals surface area (Å²) in [7, 11) is 1.80. The molecule has 2 aliphatic rings. The second-order valence-electron chi connectivity index (χ2n) is 5.69. The third-order valence-corrected chi connectivity index (χ3v) is 5.82. The number of carbonyl (C=O) groups excluding carboxylic acids is 1. The molecule has 114 valence electrons. The van der Waals surface area contributed by atoms with Crippen molar-refractivity contribution in [3.63, 3.8) is 0 Å². The van der Waals surface area contributed by atoms with Gasteiger partial charge in [-0.2, -0.15) is 0 Å². The molecule has 2 amide bonds. The maximum Gasteiger partial charge on any atom is 0.327 e. The van der Waals surface area contributed by atoms with E-state index in [-0.39, 0.29) is 17.4 Å². The van der Waals surface area contributed by atoms with Crippen molar-refractivity contribution in [1.82, 2.24) is 9.80 Å². The molecule has 1 aliphatic carbocycles. The first-order valence-corrected chi connectivity index (χ1v) is 8.45. The van der Waals surface area contributed by atoms with E-state index in [0.29, 0.717) is 11.7 Å². The fourth-order valence-electron chi connectivity index (χ4n) is 2.88. The van der Waals surface area contributed by atoms with Gasteiger partial charge in [0.05, 0.1) is 5.37 Å². The number of nitrogens with zero attached hydrogens (tertiary/aromatic N) is 2. The Labute approximate surface area is 124 Å². The Bertz CT molecular complexity index is 383. The van der Waals surface area contributed by atoms with Gasteiger partial charge in [-0.15, -0.1) is 11.8 Å². The molecule has 2 unspecified atom stereocenters. The van der Waals surface area contributed by atoms with Crippen LogP contribution in [0.4, 0.5) is 4.79 Å². The quantitative estimate of drug-likeness (QED) is 0.847. The highest BCUT2D eigenvalue weighted by Gasteiger charge is 2.49. The third kappa shape index (κ3) is 2.90. The van der Waals surface area contributed by atoms with Gasteiger partial charge in [0.25, 0.3) is 0 Å². The zero-order valence-corrected chi connectivity index (χ0v) is 13.2. The summed E-state index contributed by atoms with van der Waals surface area (Å²) >= 11 is 1.63. The molecule has 20 heavy (non-hydrogen) atoms. The molecule has 0 aromatic heterocycles. The standard InChI is InChI=1S/C14H24N2O3S/c1-4-10(5-2)15(3)14(19)16-11(13(17)18)8-20-12(16)9-6-7-9/h9-12H,4-8H2,1-3H3,(H,17,18). The van der Waals surface area contributed by atoms with E-state index in [1.807, 2.05) is 0 Å². The van der Waals surface area contributed by atoms with E-state index >= 15 is 0 Å². The minimum absolute atomic E-state index is 0.0559. The predicted molar refractivity (Wildman–Crippen MR) is 79.8 cm³/mol. The van der Waals surface area contributed by atoms with Crippen molar-refractivity contribution in [2.45, 2.75) is 57.0 Å². The molecule has 0 bridgehead atoms. The number of aliphatic carboxylic acids is 1. The number of amides is 2. The number of carbonyl (C=O) groups is 2. The van der Waals surface area contributed by atoms with Crippen LogP contribution in [-0.4, -0.2) is 57.2 Å². The first kappa shape index (κ1) is 15.5. The molecule has 1 heterocycles. The predicted octanol–water partition coefficient (Wildman–Crippen LogP) is 2.46. The van der Waals surface area contributed by atoms with Crippen molar-refractivity contribution >= 4 is 23.8 Å². The molecular formula is C14H24N2O3S. The summed E-state index contributed by atoms with van der Waals surface area (Å²) in [6.07, 6.45) is 4.02. The highest BCUT2D eigenvalue weighted by Crippen LogP contribution is 2.45. The van der Waals surface area contributed by atoms with Crippen LogP contribution in [0, 0.1) is 5.92 Å². The molecule has 6 heteroatoms. The number of urea groups is 1. The Balaban J connectivity index is 2.16. The normalized spacial score (nSPS) is 26.1. The van der Waals surface area contributed by atoms with Gasteiger partial charge in [-0.05, 0) is 31.6 Å². The fraction of sp³-hybridized carbons (Fsp3) is 0.857. The average Bonchev–Trinajstić information content (AvgIpc) is 3.17. The lowest BCUT2D eigenvalue weighted by molar-refractivity contribution is -0.141. The minimum Gasteiger partial charge on any atom is -0.480 e. The van der Waals surface area contributed by atoms with Gasteiger partial charge in [0.15, 0.2) is 0 Å². The zero-order chi connectivity index (χ0) is 14.9. The van der Waals surface area contributed by atoms with Gasteiger partial charge in [0, 0.05) is 18.8 Å². The van der Waals surface area contributed by atoms with Crippen LogP contribution in [0.2, 0.25) is 0 Å². The van der Waals surface area contributed by atoms with Crippen molar-refractivity contribution in [1.29, 1.82) is 0 Å². The molecule has 1 saturated heterocycles. The lowest BCUT2D eigenvalue weighted by atomic mass is 10.1. The van der Waals surface area contributed by atoms with Crippen LogP contribution in [0.15, 0.2) is 0 Å². The van der Waals surface area contributed by atoms with Crippen LogP contribution in [0.1, 0.15) is 39.5 Å². The minimum atomic E-state index is -0.882. The van der Waals surface area contributed by atoms with E-state index in [4.69, 9.17) is 0 Å². The van der Waals surface area contributed by atoms with Crippen LogP contribution >= 0.6 is 11.8 Å². The first-order chi connectivity index (χ1) is 9.51. The second-order valence-corrected chi connectivity index (χ2v) is 6.84. The van der Waals surface area contributed by atoms with Crippen LogP contribution in [0.5, 0.6) is 0 Å². The van der Waals surface area contributed by atoms with Gasteiger partial charge < -0.3 is 10.0 Å². The van der Waals surface area contributed by atoms with Gasteiger partial charge in [-0.25, -0.2) is 9.59 Å². The zero-order valence-electron chi connectivity index (χ0n) is 12.4. The number of carboxylic acids is 1. The van der Waals surface area contributed by atoms with Gasteiger partial charge in [-0.3, -0.25) is 4.90 Å². The number of hydrogen-bond acceptors (Lipinski definition) is 3. The monoisotopic (exact) mass is 300 g/mol. The molecule has 0 radical (unpaired) electrons. The molecule has 2 rings (SSSR count).